The topological polar surface area (TPSA) is 39.2 Å². The van der Waals surface area contributed by atoms with Gasteiger partial charge in [0, 0.05) is 16.2 Å². The third-order valence-electron chi connectivity index (χ3n) is 2.47. The number of hydrogen-bond acceptors (Lipinski definition) is 3. The van der Waals surface area contributed by atoms with Gasteiger partial charge in [-0.15, -0.1) is 0 Å². The van der Waals surface area contributed by atoms with E-state index in [1.54, 1.807) is 18.3 Å². The lowest BCUT2D eigenvalue weighted by Gasteiger charge is -2.09. The van der Waals surface area contributed by atoms with Crippen molar-refractivity contribution in [3.8, 4) is 5.88 Å². The van der Waals surface area contributed by atoms with Crippen molar-refractivity contribution in [1.82, 2.24) is 4.98 Å². The lowest BCUT2D eigenvalue weighted by Crippen LogP contribution is -2.03. The smallest absolute Gasteiger partial charge is 0.224 e. The van der Waals surface area contributed by atoms with E-state index in [0.717, 1.165) is 10.0 Å². The van der Waals surface area contributed by atoms with E-state index >= 15 is 0 Å². The van der Waals surface area contributed by atoms with Gasteiger partial charge in [-0.05, 0) is 25.1 Å². The van der Waals surface area contributed by atoms with Crippen LogP contribution < -0.4 is 4.74 Å². The fraction of sp³-hybridized carbons (Fsp3) is 0.143. The number of Topliss-reactive ketones (excluding diaryl/α,β-unsaturated/α-hetero) is 1. The Morgan fingerprint density at radius 3 is 2.78 bits per heavy atom. The van der Waals surface area contributed by atoms with Crippen molar-refractivity contribution in [2.75, 3.05) is 0 Å². The van der Waals surface area contributed by atoms with Crippen LogP contribution in [0, 0.1) is 0 Å². The molecule has 92 valence electrons. The lowest BCUT2D eigenvalue weighted by molar-refractivity contribution is 0.101. The van der Waals surface area contributed by atoms with Crippen molar-refractivity contribution in [1.29, 1.82) is 0 Å². The van der Waals surface area contributed by atoms with Gasteiger partial charge in [-0.2, -0.15) is 0 Å². The number of aromatic nitrogens is 1. The second-order valence-corrected chi connectivity index (χ2v) is 4.65. The van der Waals surface area contributed by atoms with Crippen LogP contribution in [-0.2, 0) is 6.61 Å². The molecule has 2 rings (SSSR count). The van der Waals surface area contributed by atoms with Gasteiger partial charge in [0.1, 0.15) is 6.61 Å². The van der Waals surface area contributed by atoms with Gasteiger partial charge in [-0.25, -0.2) is 4.98 Å². The minimum Gasteiger partial charge on any atom is -0.472 e. The number of halogens is 1. The Hall–Kier alpha value is -1.68. The zero-order valence-corrected chi connectivity index (χ0v) is 11.5. The average Bonchev–Trinajstić information content (AvgIpc) is 2.38. The first-order valence-corrected chi connectivity index (χ1v) is 6.30. The van der Waals surface area contributed by atoms with Gasteiger partial charge in [0.2, 0.25) is 5.88 Å². The second-order valence-electron chi connectivity index (χ2n) is 3.79. The molecule has 0 amide bonds. The van der Waals surface area contributed by atoms with Gasteiger partial charge in [-0.3, -0.25) is 4.79 Å². The van der Waals surface area contributed by atoms with Gasteiger partial charge >= 0.3 is 0 Å². The zero-order chi connectivity index (χ0) is 13.0. The summed E-state index contributed by atoms with van der Waals surface area (Å²) >= 11 is 3.45. The van der Waals surface area contributed by atoms with Crippen molar-refractivity contribution in [2.45, 2.75) is 13.5 Å². The summed E-state index contributed by atoms with van der Waals surface area (Å²) in [7, 11) is 0. The molecule has 0 aliphatic carbocycles. The molecule has 0 bridgehead atoms. The molecule has 0 radical (unpaired) electrons. The minimum absolute atomic E-state index is 0.0507. The van der Waals surface area contributed by atoms with Crippen LogP contribution in [0.1, 0.15) is 22.8 Å². The van der Waals surface area contributed by atoms with E-state index in [4.69, 9.17) is 4.74 Å². The molecular weight excluding hydrogens is 294 g/mol. The van der Waals surface area contributed by atoms with E-state index in [1.807, 2.05) is 24.3 Å². The first-order valence-electron chi connectivity index (χ1n) is 5.50. The normalized spacial score (nSPS) is 10.1. The Morgan fingerprint density at radius 1 is 1.28 bits per heavy atom. The van der Waals surface area contributed by atoms with Gasteiger partial charge < -0.3 is 4.74 Å². The van der Waals surface area contributed by atoms with Crippen molar-refractivity contribution >= 4 is 21.7 Å². The summed E-state index contributed by atoms with van der Waals surface area (Å²) in [4.78, 5) is 15.5. The molecule has 1 heterocycles. The van der Waals surface area contributed by atoms with Crippen LogP contribution in [0.2, 0.25) is 0 Å². The maximum Gasteiger partial charge on any atom is 0.224 e. The van der Waals surface area contributed by atoms with E-state index in [2.05, 4.69) is 20.9 Å². The highest BCUT2D eigenvalue weighted by Gasteiger charge is 2.09. The van der Waals surface area contributed by atoms with Crippen LogP contribution in [0.15, 0.2) is 47.1 Å². The number of pyridine rings is 1. The molecule has 0 spiro atoms. The van der Waals surface area contributed by atoms with Gasteiger partial charge in [0.05, 0.1) is 5.56 Å². The van der Waals surface area contributed by atoms with Crippen LogP contribution in [0.4, 0.5) is 0 Å². The standard InChI is InChI=1S/C14H12BrNO2/c1-10(17)12-6-4-8-16-14(12)18-9-11-5-2-3-7-13(11)15/h2-8H,9H2,1H3. The number of carbonyl (C=O) groups excluding carboxylic acids is 1. The number of hydrogen-bond donors (Lipinski definition) is 0. The summed E-state index contributed by atoms with van der Waals surface area (Å²) in [6.07, 6.45) is 1.61. The lowest BCUT2D eigenvalue weighted by atomic mass is 10.2. The highest BCUT2D eigenvalue weighted by molar-refractivity contribution is 9.10. The van der Waals surface area contributed by atoms with Crippen molar-refractivity contribution in [3.63, 3.8) is 0 Å². The number of carbonyl (C=O) groups is 1. The Balaban J connectivity index is 2.16. The van der Waals surface area contributed by atoms with Crippen molar-refractivity contribution < 1.29 is 9.53 Å². The fourth-order valence-electron chi connectivity index (χ4n) is 1.54. The molecule has 1 aromatic carbocycles. The molecule has 0 aliphatic heterocycles. The summed E-state index contributed by atoms with van der Waals surface area (Å²) in [5.74, 6) is 0.325. The molecule has 18 heavy (non-hydrogen) atoms. The number of rotatable bonds is 4. The number of nitrogens with zero attached hydrogens (tertiary/aromatic N) is 1. The predicted octanol–water partition coefficient (Wildman–Crippen LogP) is 3.63. The summed E-state index contributed by atoms with van der Waals surface area (Å²) in [5.41, 5.74) is 1.52. The molecule has 0 N–H and O–H groups in total. The Bertz CT molecular complexity index is 569. The van der Waals surface area contributed by atoms with Gasteiger partial charge in [0.25, 0.3) is 0 Å². The summed E-state index contributed by atoms with van der Waals surface area (Å²) in [6, 6.07) is 11.2. The molecule has 0 aliphatic rings. The van der Waals surface area contributed by atoms with Gasteiger partial charge in [-0.1, -0.05) is 34.1 Å². The molecule has 1 aromatic heterocycles. The number of ether oxygens (including phenoxy) is 1. The molecule has 2 aromatic rings. The largest absolute Gasteiger partial charge is 0.472 e. The van der Waals surface area contributed by atoms with Crippen molar-refractivity contribution in [2.24, 2.45) is 0 Å². The predicted molar refractivity (Wildman–Crippen MR) is 72.7 cm³/mol. The van der Waals surface area contributed by atoms with E-state index in [0.29, 0.717) is 18.1 Å². The monoisotopic (exact) mass is 305 g/mol. The average molecular weight is 306 g/mol. The van der Waals surface area contributed by atoms with Crippen LogP contribution in [-0.4, -0.2) is 10.8 Å². The molecule has 4 heteroatoms. The molecule has 0 saturated carbocycles. The third kappa shape index (κ3) is 2.96. The van der Waals surface area contributed by atoms with Crippen LogP contribution in [0.25, 0.3) is 0 Å². The van der Waals surface area contributed by atoms with Crippen LogP contribution in [0.5, 0.6) is 5.88 Å². The first kappa shape index (κ1) is 12.8. The van der Waals surface area contributed by atoms with E-state index in [1.165, 1.54) is 6.92 Å². The molecule has 0 saturated heterocycles. The van der Waals surface area contributed by atoms with Crippen molar-refractivity contribution in [3.05, 3.63) is 58.2 Å². The molecular formula is C14H12BrNO2. The van der Waals surface area contributed by atoms with Crippen LogP contribution in [0.3, 0.4) is 0 Å². The second kappa shape index (κ2) is 5.78. The first-order chi connectivity index (χ1) is 8.68. The molecule has 0 atom stereocenters. The highest BCUT2D eigenvalue weighted by atomic mass is 79.9. The minimum atomic E-state index is -0.0507. The summed E-state index contributed by atoms with van der Waals surface area (Å²) in [6.45, 7) is 1.88. The SMILES string of the molecule is CC(=O)c1cccnc1OCc1ccccc1Br. The summed E-state index contributed by atoms with van der Waals surface area (Å²) < 4.78 is 6.58. The summed E-state index contributed by atoms with van der Waals surface area (Å²) in [5, 5.41) is 0. The Kier molecular flexibility index (Phi) is 4.10. The molecule has 3 nitrogen and oxygen atoms in total. The quantitative estimate of drug-likeness (QED) is 0.810. The maximum absolute atomic E-state index is 11.4. The number of benzene rings is 1. The fourth-order valence-corrected chi connectivity index (χ4v) is 1.93. The Labute approximate surface area is 114 Å². The van der Waals surface area contributed by atoms with E-state index in [9.17, 15) is 4.79 Å². The van der Waals surface area contributed by atoms with Crippen LogP contribution >= 0.6 is 15.9 Å². The number of ketones is 1. The maximum atomic E-state index is 11.4. The molecule has 0 fully saturated rings. The Morgan fingerprint density at radius 2 is 2.06 bits per heavy atom. The highest BCUT2D eigenvalue weighted by Crippen LogP contribution is 2.20. The van der Waals surface area contributed by atoms with Gasteiger partial charge in [0.15, 0.2) is 5.78 Å². The third-order valence-corrected chi connectivity index (χ3v) is 3.25. The van der Waals surface area contributed by atoms with E-state index < -0.39 is 0 Å². The van der Waals surface area contributed by atoms with E-state index in [-0.39, 0.29) is 5.78 Å². The zero-order valence-electron chi connectivity index (χ0n) is 9.89. The molecule has 0 unspecified atom stereocenters.